The van der Waals surface area contributed by atoms with Crippen LogP contribution in [0, 0.1) is 5.92 Å². The third-order valence-corrected chi connectivity index (χ3v) is 5.01. The van der Waals surface area contributed by atoms with Crippen LogP contribution in [0.15, 0.2) is 28.7 Å². The lowest BCUT2D eigenvalue weighted by Gasteiger charge is -2.39. The number of halogens is 2. The molecule has 4 heteroatoms. The normalized spacial score (nSPS) is 26.2. The highest BCUT2D eigenvalue weighted by molar-refractivity contribution is 9.10. The maximum atomic E-state index is 12.3. The molecule has 0 aromatic heterocycles. The van der Waals surface area contributed by atoms with E-state index in [1.807, 2.05) is 24.3 Å². The Balaban J connectivity index is 1.99. The first-order valence-corrected chi connectivity index (χ1v) is 8.47. The second kappa shape index (κ2) is 6.95. The van der Waals surface area contributed by atoms with E-state index in [1.165, 1.54) is 6.42 Å². The number of rotatable bonds is 4. The number of carbonyl (C=O) groups excluding carboxylic acids is 1. The largest absolute Gasteiger partial charge is 0.349 e. The van der Waals surface area contributed by atoms with Gasteiger partial charge in [-0.05, 0) is 36.5 Å². The molecule has 0 heterocycles. The fourth-order valence-electron chi connectivity index (χ4n) is 3.10. The molecule has 0 aliphatic heterocycles. The van der Waals surface area contributed by atoms with Crippen LogP contribution in [0.4, 0.5) is 0 Å². The molecule has 2 nitrogen and oxygen atoms in total. The van der Waals surface area contributed by atoms with E-state index < -0.39 is 0 Å². The van der Waals surface area contributed by atoms with Crippen molar-refractivity contribution in [3.63, 3.8) is 0 Å². The average Bonchev–Trinajstić information content (AvgIpc) is 2.38. The second-order valence-electron chi connectivity index (χ2n) is 5.97. The highest BCUT2D eigenvalue weighted by atomic mass is 79.9. The Kier molecular flexibility index (Phi) is 5.50. The Morgan fingerprint density at radius 3 is 3.00 bits per heavy atom. The molecule has 1 amide bonds. The first-order chi connectivity index (χ1) is 9.53. The maximum Gasteiger partial charge on any atom is 0.224 e. The van der Waals surface area contributed by atoms with Gasteiger partial charge in [0.05, 0.1) is 12.0 Å². The zero-order valence-electron chi connectivity index (χ0n) is 11.8. The maximum absolute atomic E-state index is 12.3. The molecule has 1 fully saturated rings. The van der Waals surface area contributed by atoms with Crippen molar-refractivity contribution in [1.82, 2.24) is 5.32 Å². The van der Waals surface area contributed by atoms with Gasteiger partial charge in [-0.1, -0.05) is 47.8 Å². The Labute approximate surface area is 134 Å². The standard InChI is InChI=1S/C16H21BrClNO/c1-12-4-3-7-16(10-12,11-18)19-15(20)9-13-5-2-6-14(17)8-13/h2,5-6,8,12H,3-4,7,9-11H2,1H3,(H,19,20). The second-order valence-corrected chi connectivity index (χ2v) is 7.15. The van der Waals surface area contributed by atoms with Gasteiger partial charge in [-0.15, -0.1) is 11.6 Å². The van der Waals surface area contributed by atoms with Crippen molar-refractivity contribution in [1.29, 1.82) is 0 Å². The van der Waals surface area contributed by atoms with E-state index in [-0.39, 0.29) is 11.4 Å². The molecular formula is C16H21BrClNO. The van der Waals surface area contributed by atoms with Gasteiger partial charge in [0.15, 0.2) is 0 Å². The van der Waals surface area contributed by atoms with Crippen molar-refractivity contribution in [2.75, 3.05) is 5.88 Å². The number of benzene rings is 1. The summed E-state index contributed by atoms with van der Waals surface area (Å²) in [5, 5.41) is 3.19. The van der Waals surface area contributed by atoms with E-state index in [0.717, 1.165) is 29.3 Å². The predicted molar refractivity (Wildman–Crippen MR) is 87.1 cm³/mol. The van der Waals surface area contributed by atoms with E-state index in [0.29, 0.717) is 18.2 Å². The van der Waals surface area contributed by atoms with Crippen molar-refractivity contribution in [3.05, 3.63) is 34.3 Å². The summed E-state index contributed by atoms with van der Waals surface area (Å²) in [6.45, 7) is 2.24. The monoisotopic (exact) mass is 357 g/mol. The van der Waals surface area contributed by atoms with Crippen molar-refractivity contribution in [2.45, 2.75) is 44.6 Å². The number of alkyl halides is 1. The molecule has 20 heavy (non-hydrogen) atoms. The van der Waals surface area contributed by atoms with Crippen molar-refractivity contribution in [3.8, 4) is 0 Å². The van der Waals surface area contributed by atoms with Gasteiger partial charge in [-0.3, -0.25) is 4.79 Å². The molecule has 0 saturated heterocycles. The Hall–Kier alpha value is -0.540. The molecule has 1 aromatic rings. The van der Waals surface area contributed by atoms with Gasteiger partial charge in [0.1, 0.15) is 0 Å². The smallest absolute Gasteiger partial charge is 0.224 e. The molecule has 2 unspecified atom stereocenters. The molecule has 1 aliphatic rings. The third-order valence-electron chi connectivity index (χ3n) is 4.01. The van der Waals surface area contributed by atoms with Crippen LogP contribution in [-0.2, 0) is 11.2 Å². The van der Waals surface area contributed by atoms with Gasteiger partial charge in [0.25, 0.3) is 0 Å². The van der Waals surface area contributed by atoms with Crippen LogP contribution in [0.2, 0.25) is 0 Å². The number of hydrogen-bond acceptors (Lipinski definition) is 1. The highest BCUT2D eigenvalue weighted by Crippen LogP contribution is 2.33. The minimum absolute atomic E-state index is 0.0675. The molecule has 0 bridgehead atoms. The molecule has 1 N–H and O–H groups in total. The van der Waals surface area contributed by atoms with E-state index in [4.69, 9.17) is 11.6 Å². The van der Waals surface area contributed by atoms with Crippen LogP contribution in [-0.4, -0.2) is 17.3 Å². The zero-order chi connectivity index (χ0) is 14.6. The SMILES string of the molecule is CC1CCCC(CCl)(NC(=O)Cc2cccc(Br)c2)C1. The van der Waals surface area contributed by atoms with Gasteiger partial charge in [-0.2, -0.15) is 0 Å². The molecule has 0 radical (unpaired) electrons. The summed E-state index contributed by atoms with van der Waals surface area (Å²) in [6, 6.07) is 7.87. The fourth-order valence-corrected chi connectivity index (χ4v) is 3.86. The van der Waals surface area contributed by atoms with Gasteiger partial charge >= 0.3 is 0 Å². The molecule has 2 atom stereocenters. The quantitative estimate of drug-likeness (QED) is 0.799. The minimum atomic E-state index is -0.206. The summed E-state index contributed by atoms with van der Waals surface area (Å²) in [5.41, 5.74) is 0.813. The van der Waals surface area contributed by atoms with E-state index in [1.54, 1.807) is 0 Å². The van der Waals surface area contributed by atoms with Gasteiger partial charge < -0.3 is 5.32 Å². The predicted octanol–water partition coefficient (Wildman–Crippen LogP) is 4.30. The zero-order valence-corrected chi connectivity index (χ0v) is 14.1. The summed E-state index contributed by atoms with van der Waals surface area (Å²) >= 11 is 9.58. The van der Waals surface area contributed by atoms with Crippen molar-refractivity contribution >= 4 is 33.4 Å². The van der Waals surface area contributed by atoms with Crippen LogP contribution in [0.5, 0.6) is 0 Å². The highest BCUT2D eigenvalue weighted by Gasteiger charge is 2.35. The van der Waals surface area contributed by atoms with E-state index in [2.05, 4.69) is 28.2 Å². The molecule has 0 spiro atoms. The van der Waals surface area contributed by atoms with Crippen LogP contribution in [0.1, 0.15) is 38.2 Å². The Morgan fingerprint density at radius 2 is 2.35 bits per heavy atom. The molecule has 1 saturated carbocycles. The number of nitrogens with one attached hydrogen (secondary N) is 1. The lowest BCUT2D eigenvalue weighted by Crippen LogP contribution is -2.53. The van der Waals surface area contributed by atoms with Crippen molar-refractivity contribution < 1.29 is 4.79 Å². The topological polar surface area (TPSA) is 29.1 Å². The first-order valence-electron chi connectivity index (χ1n) is 7.14. The Morgan fingerprint density at radius 1 is 1.55 bits per heavy atom. The van der Waals surface area contributed by atoms with E-state index >= 15 is 0 Å². The van der Waals surface area contributed by atoms with Crippen LogP contribution >= 0.6 is 27.5 Å². The third kappa shape index (κ3) is 4.23. The van der Waals surface area contributed by atoms with Gasteiger partial charge in [0, 0.05) is 10.4 Å². The van der Waals surface area contributed by atoms with E-state index in [9.17, 15) is 4.79 Å². The lowest BCUT2D eigenvalue weighted by atomic mass is 9.77. The van der Waals surface area contributed by atoms with Gasteiger partial charge in [-0.25, -0.2) is 0 Å². The number of carbonyl (C=O) groups is 1. The molecule has 1 aromatic carbocycles. The molecule has 2 rings (SSSR count). The molecule has 110 valence electrons. The first kappa shape index (κ1) is 15.8. The van der Waals surface area contributed by atoms with Crippen molar-refractivity contribution in [2.24, 2.45) is 5.92 Å². The minimum Gasteiger partial charge on any atom is -0.349 e. The Bertz CT molecular complexity index is 479. The molecule has 1 aliphatic carbocycles. The average molecular weight is 359 g/mol. The number of hydrogen-bond donors (Lipinski definition) is 1. The van der Waals surface area contributed by atoms with Gasteiger partial charge in [0.2, 0.25) is 5.91 Å². The summed E-state index contributed by atoms with van der Waals surface area (Å²) in [4.78, 5) is 12.3. The molecular weight excluding hydrogens is 338 g/mol. The summed E-state index contributed by atoms with van der Waals surface area (Å²) in [7, 11) is 0. The lowest BCUT2D eigenvalue weighted by molar-refractivity contribution is -0.122. The summed E-state index contributed by atoms with van der Waals surface area (Å²) in [6.07, 6.45) is 4.77. The van der Waals surface area contributed by atoms with Crippen LogP contribution in [0.25, 0.3) is 0 Å². The van der Waals surface area contributed by atoms with Crippen LogP contribution < -0.4 is 5.32 Å². The summed E-state index contributed by atoms with van der Waals surface area (Å²) < 4.78 is 1.00. The number of amides is 1. The summed E-state index contributed by atoms with van der Waals surface area (Å²) in [5.74, 6) is 1.20. The fraction of sp³-hybridized carbons (Fsp3) is 0.562. The van der Waals surface area contributed by atoms with Crippen LogP contribution in [0.3, 0.4) is 0 Å².